The molecule has 1 rings (SSSR count). The SMILES string of the molecule is CCC(CCl)NS(=O)(=O)c1cc(C)c(Cl)s1. The molecule has 16 heavy (non-hydrogen) atoms. The van der Waals surface area contributed by atoms with Crippen molar-refractivity contribution in [1.82, 2.24) is 4.72 Å². The van der Waals surface area contributed by atoms with Crippen molar-refractivity contribution in [2.24, 2.45) is 0 Å². The van der Waals surface area contributed by atoms with Gasteiger partial charge in [-0.15, -0.1) is 22.9 Å². The van der Waals surface area contributed by atoms with Gasteiger partial charge in [-0.3, -0.25) is 0 Å². The maximum atomic E-state index is 11.9. The van der Waals surface area contributed by atoms with Crippen LogP contribution in [0.2, 0.25) is 4.34 Å². The molecule has 7 heteroatoms. The summed E-state index contributed by atoms with van der Waals surface area (Å²) in [5.74, 6) is 0.258. The molecule has 1 aromatic heterocycles. The minimum atomic E-state index is -3.49. The minimum Gasteiger partial charge on any atom is -0.206 e. The van der Waals surface area contributed by atoms with Crippen molar-refractivity contribution >= 4 is 44.6 Å². The van der Waals surface area contributed by atoms with Gasteiger partial charge in [-0.2, -0.15) is 0 Å². The van der Waals surface area contributed by atoms with E-state index in [2.05, 4.69) is 4.72 Å². The lowest BCUT2D eigenvalue weighted by Crippen LogP contribution is -2.35. The van der Waals surface area contributed by atoms with E-state index in [1.54, 1.807) is 13.0 Å². The quantitative estimate of drug-likeness (QED) is 0.850. The molecular weight excluding hydrogens is 289 g/mol. The van der Waals surface area contributed by atoms with Gasteiger partial charge in [0.1, 0.15) is 4.21 Å². The van der Waals surface area contributed by atoms with Crippen molar-refractivity contribution in [1.29, 1.82) is 0 Å². The average molecular weight is 302 g/mol. The number of rotatable bonds is 5. The third-order valence-electron chi connectivity index (χ3n) is 2.10. The van der Waals surface area contributed by atoms with Crippen LogP contribution in [0.4, 0.5) is 0 Å². The molecule has 0 aliphatic heterocycles. The fraction of sp³-hybridized carbons (Fsp3) is 0.556. The van der Waals surface area contributed by atoms with Gasteiger partial charge in [0, 0.05) is 11.9 Å². The Hall–Kier alpha value is 0.190. The number of sulfonamides is 1. The van der Waals surface area contributed by atoms with Gasteiger partial charge in [-0.25, -0.2) is 13.1 Å². The lowest BCUT2D eigenvalue weighted by molar-refractivity contribution is 0.559. The largest absolute Gasteiger partial charge is 0.250 e. The monoisotopic (exact) mass is 301 g/mol. The highest BCUT2D eigenvalue weighted by atomic mass is 35.5. The van der Waals surface area contributed by atoms with Crippen LogP contribution in [0, 0.1) is 6.92 Å². The summed E-state index contributed by atoms with van der Waals surface area (Å²) >= 11 is 12.5. The van der Waals surface area contributed by atoms with Crippen molar-refractivity contribution in [2.45, 2.75) is 30.5 Å². The molecule has 1 aromatic rings. The van der Waals surface area contributed by atoms with Crippen molar-refractivity contribution in [2.75, 3.05) is 5.88 Å². The Morgan fingerprint density at radius 1 is 1.56 bits per heavy atom. The van der Waals surface area contributed by atoms with Crippen LogP contribution in [0.1, 0.15) is 18.9 Å². The second-order valence-corrected chi connectivity index (χ2v) is 7.31. The zero-order valence-corrected chi connectivity index (χ0v) is 12.1. The van der Waals surface area contributed by atoms with E-state index in [0.29, 0.717) is 10.8 Å². The molecule has 0 radical (unpaired) electrons. The van der Waals surface area contributed by atoms with E-state index in [1.807, 2.05) is 6.92 Å². The van der Waals surface area contributed by atoms with Crippen LogP contribution in [0.25, 0.3) is 0 Å². The molecule has 0 saturated carbocycles. The van der Waals surface area contributed by atoms with Gasteiger partial charge in [0.15, 0.2) is 0 Å². The second kappa shape index (κ2) is 5.69. The first-order valence-electron chi connectivity index (χ1n) is 4.75. The van der Waals surface area contributed by atoms with Crippen LogP contribution in [-0.4, -0.2) is 20.3 Å². The third kappa shape index (κ3) is 3.34. The third-order valence-corrected chi connectivity index (χ3v) is 6.02. The number of nitrogens with one attached hydrogen (secondary N) is 1. The van der Waals surface area contributed by atoms with Crippen LogP contribution >= 0.6 is 34.5 Å². The molecule has 3 nitrogen and oxygen atoms in total. The van der Waals surface area contributed by atoms with Gasteiger partial charge >= 0.3 is 0 Å². The van der Waals surface area contributed by atoms with Crippen LogP contribution in [0.5, 0.6) is 0 Å². The molecule has 0 aromatic carbocycles. The summed E-state index contributed by atoms with van der Waals surface area (Å²) in [4.78, 5) is 0. The molecule has 1 heterocycles. The van der Waals surface area contributed by atoms with E-state index in [-0.39, 0.29) is 16.1 Å². The maximum Gasteiger partial charge on any atom is 0.250 e. The van der Waals surface area contributed by atoms with Crippen LogP contribution in [0.15, 0.2) is 10.3 Å². The highest BCUT2D eigenvalue weighted by Gasteiger charge is 2.21. The summed E-state index contributed by atoms with van der Waals surface area (Å²) < 4.78 is 27.1. The predicted octanol–water partition coefficient (Wildman–Crippen LogP) is 3.01. The van der Waals surface area contributed by atoms with Gasteiger partial charge in [-0.1, -0.05) is 18.5 Å². The minimum absolute atomic E-state index is 0.235. The smallest absolute Gasteiger partial charge is 0.206 e. The Morgan fingerprint density at radius 2 is 2.19 bits per heavy atom. The highest BCUT2D eigenvalue weighted by molar-refractivity contribution is 7.91. The number of thiophene rings is 1. The lowest BCUT2D eigenvalue weighted by atomic mass is 10.3. The van der Waals surface area contributed by atoms with Crippen LogP contribution in [-0.2, 0) is 10.0 Å². The van der Waals surface area contributed by atoms with Crippen molar-refractivity contribution in [3.05, 3.63) is 16.0 Å². The summed E-state index contributed by atoms with van der Waals surface area (Å²) in [6.45, 7) is 3.65. The molecule has 92 valence electrons. The summed E-state index contributed by atoms with van der Waals surface area (Å²) in [6.07, 6.45) is 0.654. The summed E-state index contributed by atoms with van der Waals surface area (Å²) in [5.41, 5.74) is 0.769. The summed E-state index contributed by atoms with van der Waals surface area (Å²) in [5, 5.41) is 0. The van der Waals surface area contributed by atoms with E-state index >= 15 is 0 Å². The summed E-state index contributed by atoms with van der Waals surface area (Å²) in [7, 11) is -3.49. The molecule has 0 amide bonds. The number of halogens is 2. The Kier molecular flexibility index (Phi) is 5.07. The number of hydrogen-bond donors (Lipinski definition) is 1. The predicted molar refractivity (Wildman–Crippen MR) is 69.2 cm³/mol. The Balaban J connectivity index is 2.94. The van der Waals surface area contributed by atoms with E-state index in [0.717, 1.165) is 16.9 Å². The molecule has 0 spiro atoms. The van der Waals surface area contributed by atoms with Gasteiger partial charge in [0.25, 0.3) is 0 Å². The zero-order chi connectivity index (χ0) is 12.3. The fourth-order valence-electron chi connectivity index (χ4n) is 1.07. The van der Waals surface area contributed by atoms with Gasteiger partial charge in [0.05, 0.1) is 4.34 Å². The van der Waals surface area contributed by atoms with Crippen molar-refractivity contribution < 1.29 is 8.42 Å². The Morgan fingerprint density at radius 3 is 2.56 bits per heavy atom. The lowest BCUT2D eigenvalue weighted by Gasteiger charge is -2.12. The number of hydrogen-bond acceptors (Lipinski definition) is 3. The topological polar surface area (TPSA) is 46.2 Å². The molecule has 1 atom stereocenters. The Bertz CT molecular complexity index is 433. The van der Waals surface area contributed by atoms with E-state index in [4.69, 9.17) is 23.2 Å². The van der Waals surface area contributed by atoms with Crippen LogP contribution in [0.3, 0.4) is 0 Å². The standard InChI is InChI=1S/C9H13Cl2NO2S2/c1-3-7(5-10)12-16(13,14)8-4-6(2)9(11)15-8/h4,7,12H,3,5H2,1-2H3. The van der Waals surface area contributed by atoms with Gasteiger partial charge in [0.2, 0.25) is 10.0 Å². The van der Waals surface area contributed by atoms with Crippen LogP contribution < -0.4 is 4.72 Å². The number of aryl methyl sites for hydroxylation is 1. The normalized spacial score (nSPS) is 14.0. The summed E-state index contributed by atoms with van der Waals surface area (Å²) in [6, 6.07) is 1.32. The molecule has 0 aliphatic carbocycles. The van der Waals surface area contributed by atoms with Crippen molar-refractivity contribution in [3.63, 3.8) is 0 Å². The molecule has 0 fully saturated rings. The van der Waals surface area contributed by atoms with Crippen molar-refractivity contribution in [3.8, 4) is 0 Å². The maximum absolute atomic E-state index is 11.9. The molecule has 0 aliphatic rings. The highest BCUT2D eigenvalue weighted by Crippen LogP contribution is 2.30. The molecular formula is C9H13Cl2NO2S2. The molecule has 0 bridgehead atoms. The Labute approximate surface area is 110 Å². The first kappa shape index (κ1) is 14.3. The molecule has 1 unspecified atom stereocenters. The zero-order valence-electron chi connectivity index (χ0n) is 8.96. The van der Waals surface area contributed by atoms with E-state index in [9.17, 15) is 8.42 Å². The van der Waals surface area contributed by atoms with E-state index < -0.39 is 10.0 Å². The molecule has 1 N–H and O–H groups in total. The van der Waals surface area contributed by atoms with Gasteiger partial charge < -0.3 is 0 Å². The molecule has 0 saturated heterocycles. The first-order chi connectivity index (χ1) is 7.40. The second-order valence-electron chi connectivity index (χ2n) is 3.40. The average Bonchev–Trinajstić information content (AvgIpc) is 2.56. The first-order valence-corrected chi connectivity index (χ1v) is 7.96. The fourth-order valence-corrected chi connectivity index (χ4v) is 4.50. The van der Waals surface area contributed by atoms with E-state index in [1.165, 1.54) is 0 Å². The number of alkyl halides is 1. The van der Waals surface area contributed by atoms with Gasteiger partial charge in [-0.05, 0) is 25.0 Å².